The van der Waals surface area contributed by atoms with E-state index in [1.54, 1.807) is 9.25 Å². The van der Waals surface area contributed by atoms with Crippen molar-refractivity contribution in [3.05, 3.63) is 136 Å². The lowest BCUT2D eigenvalue weighted by Crippen LogP contribution is -2.25. The second-order valence-electron chi connectivity index (χ2n) is 11.9. The van der Waals surface area contributed by atoms with Crippen molar-refractivity contribution in [1.82, 2.24) is 19.3 Å². The maximum atomic E-state index is 13.0. The zero-order valence-electron chi connectivity index (χ0n) is 25.2. The molecule has 2 aromatic heterocycles. The van der Waals surface area contributed by atoms with Gasteiger partial charge >= 0.3 is 5.69 Å². The molecule has 6 heteroatoms. The van der Waals surface area contributed by atoms with Crippen molar-refractivity contribution in [3.8, 4) is 11.3 Å². The minimum Gasteiger partial charge on any atom is -0.381 e. The normalized spacial score (nSPS) is 11.5. The fourth-order valence-corrected chi connectivity index (χ4v) is 5.17. The molecule has 2 heterocycles. The van der Waals surface area contributed by atoms with Crippen LogP contribution in [-0.2, 0) is 37.9 Å². The summed E-state index contributed by atoms with van der Waals surface area (Å²) in [5.74, 6) is 0.856. The summed E-state index contributed by atoms with van der Waals surface area (Å²) >= 11 is 0. The van der Waals surface area contributed by atoms with Crippen molar-refractivity contribution in [2.45, 2.75) is 72.0 Å². The standard InChI is InChI=1S/C36H41N5O/c1-5-40-34(39-41(35(40)42)26-29-16-20-31(21-17-29)36(2,3)4)13-9-12-27-14-18-30(19-15-27)33-24-32(22-23-37-33)38-25-28-10-7-6-8-11-28/h6-8,10-11,14-24H,5,9,12-13,25-26H2,1-4H3,(H,37,38). The number of pyridine rings is 1. The highest BCUT2D eigenvalue weighted by Gasteiger charge is 2.15. The van der Waals surface area contributed by atoms with Gasteiger partial charge < -0.3 is 5.32 Å². The van der Waals surface area contributed by atoms with Gasteiger partial charge in [0.25, 0.3) is 0 Å². The van der Waals surface area contributed by atoms with Gasteiger partial charge in [-0.25, -0.2) is 9.48 Å². The molecule has 0 radical (unpaired) electrons. The van der Waals surface area contributed by atoms with Gasteiger partial charge in [-0.15, -0.1) is 0 Å². The zero-order chi connectivity index (χ0) is 29.5. The van der Waals surface area contributed by atoms with Gasteiger partial charge in [0, 0.05) is 37.0 Å². The first-order valence-corrected chi connectivity index (χ1v) is 14.9. The monoisotopic (exact) mass is 559 g/mol. The van der Waals surface area contributed by atoms with Crippen LogP contribution in [-0.4, -0.2) is 19.3 Å². The molecule has 5 rings (SSSR count). The molecule has 0 unspecified atom stereocenters. The van der Waals surface area contributed by atoms with Crippen molar-refractivity contribution in [1.29, 1.82) is 0 Å². The Balaban J connectivity index is 1.18. The number of aryl methyl sites for hydroxylation is 2. The van der Waals surface area contributed by atoms with Gasteiger partial charge in [0.15, 0.2) is 0 Å². The van der Waals surface area contributed by atoms with Gasteiger partial charge in [-0.2, -0.15) is 5.10 Å². The van der Waals surface area contributed by atoms with Crippen LogP contribution in [0.15, 0.2) is 102 Å². The molecule has 0 bridgehead atoms. The van der Waals surface area contributed by atoms with Crippen molar-refractivity contribution < 1.29 is 0 Å². The van der Waals surface area contributed by atoms with Crippen LogP contribution < -0.4 is 11.0 Å². The molecule has 0 atom stereocenters. The molecule has 1 N–H and O–H groups in total. The minimum atomic E-state index is -0.0373. The first kappa shape index (κ1) is 29.1. The quantitative estimate of drug-likeness (QED) is 0.185. The number of rotatable bonds is 11. The maximum absolute atomic E-state index is 13.0. The third-order valence-electron chi connectivity index (χ3n) is 7.68. The molecule has 0 saturated carbocycles. The maximum Gasteiger partial charge on any atom is 0.346 e. The van der Waals surface area contributed by atoms with Crippen molar-refractivity contribution in [3.63, 3.8) is 0 Å². The Labute approximate surface area is 249 Å². The predicted octanol–water partition coefficient (Wildman–Crippen LogP) is 7.26. The lowest BCUT2D eigenvalue weighted by molar-refractivity contribution is 0.588. The summed E-state index contributed by atoms with van der Waals surface area (Å²) in [6.45, 7) is 10.5. The Hall–Kier alpha value is -4.45. The molecule has 5 aromatic rings. The van der Waals surface area contributed by atoms with E-state index >= 15 is 0 Å². The van der Waals surface area contributed by atoms with Crippen molar-refractivity contribution in [2.75, 3.05) is 5.32 Å². The average molecular weight is 560 g/mol. The predicted molar refractivity (Wildman–Crippen MR) is 172 cm³/mol. The van der Waals surface area contributed by atoms with E-state index in [0.29, 0.717) is 13.1 Å². The van der Waals surface area contributed by atoms with E-state index in [9.17, 15) is 4.79 Å². The Morgan fingerprint density at radius 2 is 1.52 bits per heavy atom. The lowest BCUT2D eigenvalue weighted by atomic mass is 9.87. The molecule has 0 fully saturated rings. The highest BCUT2D eigenvalue weighted by atomic mass is 16.2. The molecule has 0 saturated heterocycles. The fourth-order valence-electron chi connectivity index (χ4n) is 5.17. The van der Waals surface area contributed by atoms with Crippen LogP contribution in [0.25, 0.3) is 11.3 Å². The summed E-state index contributed by atoms with van der Waals surface area (Å²) in [7, 11) is 0. The van der Waals surface area contributed by atoms with Crippen LogP contribution in [0.5, 0.6) is 0 Å². The van der Waals surface area contributed by atoms with E-state index in [1.165, 1.54) is 16.7 Å². The first-order valence-electron chi connectivity index (χ1n) is 14.9. The van der Waals surface area contributed by atoms with Gasteiger partial charge in [0.05, 0.1) is 12.2 Å². The molecule has 0 amide bonds. The molecule has 6 nitrogen and oxygen atoms in total. The van der Waals surface area contributed by atoms with E-state index in [0.717, 1.165) is 54.1 Å². The van der Waals surface area contributed by atoms with Gasteiger partial charge in [-0.05, 0) is 59.6 Å². The van der Waals surface area contributed by atoms with E-state index in [1.807, 2.05) is 25.3 Å². The van der Waals surface area contributed by atoms with Crippen LogP contribution in [0.2, 0.25) is 0 Å². The number of hydrogen-bond acceptors (Lipinski definition) is 4. The van der Waals surface area contributed by atoms with Crippen molar-refractivity contribution >= 4 is 5.69 Å². The van der Waals surface area contributed by atoms with Crippen molar-refractivity contribution in [2.24, 2.45) is 0 Å². The van der Waals surface area contributed by atoms with Gasteiger partial charge in [-0.1, -0.05) is 99.6 Å². The van der Waals surface area contributed by atoms with Crippen LogP contribution in [0.4, 0.5) is 5.69 Å². The summed E-state index contributed by atoms with van der Waals surface area (Å²) in [6.07, 6.45) is 4.46. The second kappa shape index (κ2) is 13.0. The molecule has 0 spiro atoms. The SMILES string of the molecule is CCn1c(CCCc2ccc(-c3cc(NCc4ccccc4)ccn3)cc2)nn(Cc2ccc(C(C)(C)C)cc2)c1=O. The summed E-state index contributed by atoms with van der Waals surface area (Å²) < 4.78 is 3.41. The van der Waals surface area contributed by atoms with Gasteiger partial charge in [0.1, 0.15) is 5.82 Å². The molecule has 216 valence electrons. The van der Waals surface area contributed by atoms with Crippen LogP contribution in [0.1, 0.15) is 62.2 Å². The summed E-state index contributed by atoms with van der Waals surface area (Å²) in [6, 6.07) is 31.6. The largest absolute Gasteiger partial charge is 0.381 e. The van der Waals surface area contributed by atoms with E-state index in [4.69, 9.17) is 5.10 Å². The van der Waals surface area contributed by atoms with E-state index < -0.39 is 0 Å². The first-order chi connectivity index (χ1) is 20.3. The fraction of sp³-hybridized carbons (Fsp3) is 0.306. The molecule has 0 aliphatic rings. The molecule has 0 aliphatic heterocycles. The Kier molecular flexibility index (Phi) is 9.01. The summed E-state index contributed by atoms with van der Waals surface area (Å²) in [5.41, 5.74) is 8.04. The molecular weight excluding hydrogens is 518 g/mol. The number of nitrogens with zero attached hydrogens (tertiary/aromatic N) is 4. The topological polar surface area (TPSA) is 64.7 Å². The Morgan fingerprint density at radius 3 is 2.21 bits per heavy atom. The number of benzene rings is 3. The second-order valence-corrected chi connectivity index (χ2v) is 11.9. The van der Waals surface area contributed by atoms with Gasteiger partial charge in [-0.3, -0.25) is 9.55 Å². The molecule has 0 aliphatic carbocycles. The van der Waals surface area contributed by atoms with E-state index in [-0.39, 0.29) is 11.1 Å². The Bertz CT molecular complexity index is 1640. The van der Waals surface area contributed by atoms with Gasteiger partial charge in [0.2, 0.25) is 0 Å². The lowest BCUT2D eigenvalue weighted by Gasteiger charge is -2.19. The molecule has 3 aromatic carbocycles. The molecular formula is C36H41N5O. The smallest absolute Gasteiger partial charge is 0.346 e. The summed E-state index contributed by atoms with van der Waals surface area (Å²) in [5, 5.41) is 8.22. The average Bonchev–Trinajstić information content (AvgIpc) is 3.30. The highest BCUT2D eigenvalue weighted by Crippen LogP contribution is 2.23. The number of nitrogens with one attached hydrogen (secondary N) is 1. The number of hydrogen-bond donors (Lipinski definition) is 1. The molecule has 42 heavy (non-hydrogen) atoms. The van der Waals surface area contributed by atoms with Crippen LogP contribution in [0.3, 0.4) is 0 Å². The number of aromatic nitrogens is 4. The third-order valence-corrected chi connectivity index (χ3v) is 7.68. The highest BCUT2D eigenvalue weighted by molar-refractivity contribution is 5.64. The van der Waals surface area contributed by atoms with Crippen LogP contribution in [0, 0.1) is 0 Å². The zero-order valence-corrected chi connectivity index (χ0v) is 25.2. The number of anilines is 1. The third kappa shape index (κ3) is 7.24. The van der Waals surface area contributed by atoms with Crippen LogP contribution >= 0.6 is 0 Å². The Morgan fingerprint density at radius 1 is 0.810 bits per heavy atom. The van der Waals surface area contributed by atoms with E-state index in [2.05, 4.69) is 110 Å². The minimum absolute atomic E-state index is 0.0373. The summed E-state index contributed by atoms with van der Waals surface area (Å²) in [4.78, 5) is 17.6.